The molecule has 1 fully saturated rings. The smallest absolute Gasteiger partial charge is 0.416 e. The molecule has 10 heteroatoms. The third-order valence-corrected chi connectivity index (χ3v) is 7.28. The second-order valence-corrected chi connectivity index (χ2v) is 9.63. The van der Waals surface area contributed by atoms with E-state index in [9.17, 15) is 13.2 Å². The van der Waals surface area contributed by atoms with E-state index in [-0.39, 0.29) is 12.1 Å². The third-order valence-electron chi connectivity index (χ3n) is 6.97. The van der Waals surface area contributed by atoms with E-state index in [0.29, 0.717) is 22.3 Å². The van der Waals surface area contributed by atoms with Crippen LogP contribution in [0.4, 0.5) is 18.9 Å². The molecular formula is C29H27F3N4O2S. The Morgan fingerprint density at radius 1 is 0.949 bits per heavy atom. The Balaban J connectivity index is 1.69. The van der Waals surface area contributed by atoms with Gasteiger partial charge in [0.25, 0.3) is 0 Å². The molecule has 5 rings (SSSR count). The van der Waals surface area contributed by atoms with Crippen LogP contribution in [0.2, 0.25) is 0 Å². The molecule has 3 heterocycles. The van der Waals surface area contributed by atoms with E-state index < -0.39 is 11.7 Å². The van der Waals surface area contributed by atoms with Crippen LogP contribution in [-0.2, 0) is 6.18 Å². The topological polar surface area (TPSA) is 51.5 Å². The lowest BCUT2D eigenvalue weighted by Gasteiger charge is -2.29. The molecule has 1 aliphatic heterocycles. The van der Waals surface area contributed by atoms with Crippen LogP contribution >= 0.6 is 12.2 Å². The average molecular weight is 553 g/mol. The van der Waals surface area contributed by atoms with E-state index in [1.165, 1.54) is 12.1 Å². The predicted octanol–water partition coefficient (Wildman–Crippen LogP) is 6.70. The van der Waals surface area contributed by atoms with Gasteiger partial charge in [0.15, 0.2) is 5.11 Å². The normalized spacial score (nSPS) is 17.3. The first kappa shape index (κ1) is 26.6. The zero-order chi connectivity index (χ0) is 27.9. The molecule has 0 spiro atoms. The van der Waals surface area contributed by atoms with Crippen molar-refractivity contribution in [1.82, 2.24) is 14.9 Å². The maximum Gasteiger partial charge on any atom is 0.416 e. The van der Waals surface area contributed by atoms with Crippen LogP contribution < -0.4 is 19.7 Å². The molecule has 0 saturated carbocycles. The summed E-state index contributed by atoms with van der Waals surface area (Å²) in [6.07, 6.45) is -2.72. The number of alkyl halides is 3. The molecule has 0 amide bonds. The predicted molar refractivity (Wildman–Crippen MR) is 148 cm³/mol. The van der Waals surface area contributed by atoms with Crippen molar-refractivity contribution in [2.75, 3.05) is 19.1 Å². The number of hydrogen-bond donors (Lipinski definition) is 1. The molecule has 2 aromatic carbocycles. The zero-order valence-corrected chi connectivity index (χ0v) is 22.6. The van der Waals surface area contributed by atoms with Crippen molar-refractivity contribution in [3.63, 3.8) is 0 Å². The van der Waals surface area contributed by atoms with Gasteiger partial charge in [0.05, 0.1) is 43.2 Å². The fourth-order valence-corrected chi connectivity index (χ4v) is 5.56. The van der Waals surface area contributed by atoms with Crippen molar-refractivity contribution in [3.8, 4) is 17.2 Å². The fourth-order valence-electron chi connectivity index (χ4n) is 5.22. The first-order chi connectivity index (χ1) is 18.6. The SMILES string of the molecule is COc1ccc(N2C(=S)NC(c3ccccn3)C2c2cc(C)n(-c3cccc(C(F)(F)F)c3)c2C)c(OC)c1. The highest BCUT2D eigenvalue weighted by molar-refractivity contribution is 7.80. The Labute approximate surface area is 230 Å². The van der Waals surface area contributed by atoms with Crippen LogP contribution in [0.1, 0.15) is 40.3 Å². The van der Waals surface area contributed by atoms with Gasteiger partial charge in [0.2, 0.25) is 0 Å². The van der Waals surface area contributed by atoms with Crippen LogP contribution in [0.25, 0.3) is 5.69 Å². The molecular weight excluding hydrogens is 525 g/mol. The molecule has 202 valence electrons. The van der Waals surface area contributed by atoms with E-state index in [4.69, 9.17) is 21.7 Å². The molecule has 0 radical (unpaired) electrons. The average Bonchev–Trinajstić information content (AvgIpc) is 3.42. The van der Waals surface area contributed by atoms with Gasteiger partial charge >= 0.3 is 6.18 Å². The highest BCUT2D eigenvalue weighted by atomic mass is 32.1. The van der Waals surface area contributed by atoms with E-state index in [2.05, 4.69) is 10.3 Å². The summed E-state index contributed by atoms with van der Waals surface area (Å²) < 4.78 is 53.5. The minimum Gasteiger partial charge on any atom is -0.497 e. The fraction of sp³-hybridized carbons (Fsp3) is 0.241. The number of benzene rings is 2. The van der Waals surface area contributed by atoms with Crippen LogP contribution in [0.15, 0.2) is 72.9 Å². The minimum absolute atomic E-state index is 0.332. The second kappa shape index (κ2) is 10.3. The molecule has 2 aromatic heterocycles. The summed E-state index contributed by atoms with van der Waals surface area (Å²) in [5.41, 5.74) is 3.72. The first-order valence-corrected chi connectivity index (χ1v) is 12.6. The van der Waals surface area contributed by atoms with Crippen molar-refractivity contribution in [3.05, 3.63) is 101 Å². The Kier molecular flexibility index (Phi) is 6.98. The summed E-state index contributed by atoms with van der Waals surface area (Å²) in [6, 6.07) is 17.8. The molecule has 6 nitrogen and oxygen atoms in total. The maximum atomic E-state index is 13.5. The van der Waals surface area contributed by atoms with E-state index in [0.717, 1.165) is 34.4 Å². The molecule has 0 aliphatic carbocycles. The van der Waals surface area contributed by atoms with Gasteiger partial charge in [-0.15, -0.1) is 0 Å². The van der Waals surface area contributed by atoms with Crippen molar-refractivity contribution in [2.45, 2.75) is 32.1 Å². The summed E-state index contributed by atoms with van der Waals surface area (Å²) in [7, 11) is 3.16. The summed E-state index contributed by atoms with van der Waals surface area (Å²) in [4.78, 5) is 6.57. The van der Waals surface area contributed by atoms with E-state index >= 15 is 0 Å². The largest absolute Gasteiger partial charge is 0.497 e. The van der Waals surface area contributed by atoms with Gasteiger partial charge in [-0.3, -0.25) is 4.98 Å². The van der Waals surface area contributed by atoms with Crippen LogP contribution in [-0.4, -0.2) is 28.9 Å². The van der Waals surface area contributed by atoms with E-state index in [1.807, 2.05) is 59.7 Å². The highest BCUT2D eigenvalue weighted by Gasteiger charge is 2.43. The van der Waals surface area contributed by atoms with Gasteiger partial charge < -0.3 is 24.3 Å². The summed E-state index contributed by atoms with van der Waals surface area (Å²) in [5.74, 6) is 1.20. The molecule has 1 N–H and O–H groups in total. The lowest BCUT2D eigenvalue weighted by Crippen LogP contribution is -2.30. The van der Waals surface area contributed by atoms with Crippen molar-refractivity contribution < 1.29 is 22.6 Å². The number of pyridine rings is 1. The van der Waals surface area contributed by atoms with Crippen LogP contribution in [0, 0.1) is 13.8 Å². The van der Waals surface area contributed by atoms with Gasteiger partial charge in [0, 0.05) is 29.3 Å². The van der Waals surface area contributed by atoms with Crippen LogP contribution in [0.3, 0.4) is 0 Å². The number of anilines is 1. The highest BCUT2D eigenvalue weighted by Crippen LogP contribution is 2.47. The van der Waals surface area contributed by atoms with Gasteiger partial charge in [-0.05, 0) is 80.2 Å². The molecule has 4 aromatic rings. The Morgan fingerprint density at radius 2 is 1.74 bits per heavy atom. The van der Waals surface area contributed by atoms with Gasteiger partial charge in [-0.2, -0.15) is 13.2 Å². The van der Waals surface area contributed by atoms with Crippen molar-refractivity contribution >= 4 is 23.0 Å². The molecule has 2 unspecified atom stereocenters. The van der Waals surface area contributed by atoms with Gasteiger partial charge in [-0.25, -0.2) is 0 Å². The quantitative estimate of drug-likeness (QED) is 0.269. The number of nitrogens with one attached hydrogen (secondary N) is 1. The number of hydrogen-bond acceptors (Lipinski definition) is 4. The molecule has 2 atom stereocenters. The van der Waals surface area contributed by atoms with Gasteiger partial charge in [-0.1, -0.05) is 12.1 Å². The summed E-state index contributed by atoms with van der Waals surface area (Å²) >= 11 is 5.85. The summed E-state index contributed by atoms with van der Waals surface area (Å²) in [6.45, 7) is 3.79. The number of thiocarbonyl (C=S) groups is 1. The maximum absolute atomic E-state index is 13.5. The molecule has 1 aliphatic rings. The Morgan fingerprint density at radius 3 is 2.41 bits per heavy atom. The third kappa shape index (κ3) is 4.80. The standard InChI is InChI=1S/C29H27F3N4O2S/c1-17-14-22(18(2)35(17)20-9-7-8-19(15-20)29(30,31)32)27-26(23-10-5-6-13-33-23)34-28(39)36(27)24-12-11-21(37-3)16-25(24)38-4/h5-16,26-27H,1-4H3,(H,34,39). The number of methoxy groups -OCH3 is 2. The summed E-state index contributed by atoms with van der Waals surface area (Å²) in [5, 5.41) is 3.90. The van der Waals surface area contributed by atoms with Crippen LogP contribution in [0.5, 0.6) is 11.5 Å². The Bertz CT molecular complexity index is 1520. The monoisotopic (exact) mass is 552 g/mol. The lowest BCUT2D eigenvalue weighted by atomic mass is 9.96. The number of ether oxygens (including phenoxy) is 2. The van der Waals surface area contributed by atoms with E-state index in [1.54, 1.807) is 32.5 Å². The molecule has 1 saturated heterocycles. The number of aryl methyl sites for hydroxylation is 1. The first-order valence-electron chi connectivity index (χ1n) is 12.2. The number of aromatic nitrogens is 2. The molecule has 39 heavy (non-hydrogen) atoms. The molecule has 0 bridgehead atoms. The number of nitrogens with zero attached hydrogens (tertiary/aromatic N) is 3. The second-order valence-electron chi connectivity index (χ2n) is 9.24. The minimum atomic E-state index is -4.44. The zero-order valence-electron chi connectivity index (χ0n) is 21.8. The lowest BCUT2D eigenvalue weighted by molar-refractivity contribution is -0.137. The number of halogens is 3. The number of rotatable bonds is 6. The van der Waals surface area contributed by atoms with Crippen molar-refractivity contribution in [2.24, 2.45) is 0 Å². The van der Waals surface area contributed by atoms with Gasteiger partial charge in [0.1, 0.15) is 11.5 Å². The van der Waals surface area contributed by atoms with Crippen molar-refractivity contribution in [1.29, 1.82) is 0 Å². The Hall–Kier alpha value is -4.05.